The van der Waals surface area contributed by atoms with Crippen LogP contribution in [0.2, 0.25) is 0 Å². The summed E-state index contributed by atoms with van der Waals surface area (Å²) in [7, 11) is 0. The Labute approximate surface area is 367 Å². The Balaban J connectivity index is 1.30. The maximum absolute atomic E-state index is 14.5. The molecule has 15 nitrogen and oxygen atoms in total. The van der Waals surface area contributed by atoms with E-state index < -0.39 is 77.6 Å². The topological polar surface area (TPSA) is 211 Å². The lowest BCUT2D eigenvalue weighted by Crippen LogP contribution is -2.60. The molecule has 2 aliphatic heterocycles. The van der Waals surface area contributed by atoms with Crippen molar-refractivity contribution >= 4 is 64.0 Å². The number of thioether (sulfide) groups is 1. The lowest BCUT2D eigenvalue weighted by Gasteiger charge is -2.32. The van der Waals surface area contributed by atoms with E-state index in [1.54, 1.807) is 0 Å². The molecule has 0 radical (unpaired) electrons. The van der Waals surface area contributed by atoms with Gasteiger partial charge >= 0.3 is 0 Å². The molecular formula is C46H62N8O7S. The number of nitrogens with one attached hydrogen (secondary N) is 7. The fourth-order valence-electron chi connectivity index (χ4n) is 8.93. The molecule has 62 heavy (non-hydrogen) atoms. The summed E-state index contributed by atoms with van der Waals surface area (Å²) in [6.45, 7) is 3.67. The molecule has 0 spiro atoms. The second kappa shape index (κ2) is 22.6. The van der Waals surface area contributed by atoms with Gasteiger partial charge in [-0.05, 0) is 61.0 Å². The summed E-state index contributed by atoms with van der Waals surface area (Å²) in [5, 5.41) is 18.3. The quantitative estimate of drug-likeness (QED) is 0.144. The van der Waals surface area contributed by atoms with E-state index in [1.807, 2.05) is 67.7 Å². The molecule has 16 heteroatoms. The zero-order valence-electron chi connectivity index (χ0n) is 35.8. The van der Waals surface area contributed by atoms with Gasteiger partial charge in [0, 0.05) is 55.7 Å². The molecule has 0 unspecified atom stereocenters. The van der Waals surface area contributed by atoms with Crippen LogP contribution >= 0.6 is 11.8 Å². The van der Waals surface area contributed by atoms with Gasteiger partial charge in [0.25, 0.3) is 0 Å². The van der Waals surface area contributed by atoms with Gasteiger partial charge in [-0.3, -0.25) is 33.6 Å². The van der Waals surface area contributed by atoms with Crippen molar-refractivity contribution in [2.45, 2.75) is 127 Å². The summed E-state index contributed by atoms with van der Waals surface area (Å²) >= 11 is 1.49. The van der Waals surface area contributed by atoms with Gasteiger partial charge in [-0.15, -0.1) is 0 Å². The van der Waals surface area contributed by atoms with Crippen molar-refractivity contribution in [2.24, 2.45) is 5.92 Å². The molecule has 3 aliphatic rings. The standard InChI is InChI=1S/C46H62N8O7S/c1-3-62-28-39-41(56)47-22-12-20-35(50-42(57)36(49-29(2)55)24-30-14-6-4-7-15-30)46(61)54-23-13-21-40(54)45(60)52-37(25-31-16-8-5-9-17-31)43(58)51-38(44(59)53-39)26-32-27-48-34-19-11-10-18-33(32)34/h4,6-7,10-11,14-15,18-19,27,31,35-40,48H,3,5,8-9,12-13,16-17,20-26,28H2,1-2H3,(H,47,56)(H,49,55)(H,50,57)(H,51,58)(H,52,60)(H,53,59)/t35-,36-,37+,38-,39-,40-/m0/s1. The highest BCUT2D eigenvalue weighted by molar-refractivity contribution is 7.99. The Kier molecular flexibility index (Phi) is 16.8. The first-order chi connectivity index (χ1) is 30.0. The number of para-hydroxylation sites is 1. The molecule has 1 saturated carbocycles. The van der Waals surface area contributed by atoms with Crippen LogP contribution in [-0.2, 0) is 46.4 Å². The molecule has 1 aromatic heterocycles. The minimum atomic E-state index is -1.09. The molecule has 1 aliphatic carbocycles. The summed E-state index contributed by atoms with van der Waals surface area (Å²) in [4.78, 5) is 103. The van der Waals surface area contributed by atoms with Gasteiger partial charge in [0.05, 0.1) is 0 Å². The van der Waals surface area contributed by atoms with Gasteiger partial charge in [0.15, 0.2) is 0 Å². The third kappa shape index (κ3) is 12.6. The first-order valence-electron chi connectivity index (χ1n) is 22.2. The second-order valence-electron chi connectivity index (χ2n) is 16.8. The molecule has 334 valence electrons. The Morgan fingerprint density at radius 2 is 1.50 bits per heavy atom. The molecule has 6 rings (SSSR count). The number of amides is 7. The van der Waals surface area contributed by atoms with Gasteiger partial charge < -0.3 is 41.8 Å². The summed E-state index contributed by atoms with van der Waals surface area (Å²) in [5.41, 5.74) is 2.51. The van der Waals surface area contributed by atoms with Crippen molar-refractivity contribution in [3.63, 3.8) is 0 Å². The van der Waals surface area contributed by atoms with Crippen LogP contribution < -0.4 is 31.9 Å². The first-order valence-corrected chi connectivity index (χ1v) is 23.4. The number of H-pyrrole nitrogens is 1. The van der Waals surface area contributed by atoms with Crippen molar-refractivity contribution in [1.82, 2.24) is 41.8 Å². The molecule has 2 saturated heterocycles. The summed E-state index contributed by atoms with van der Waals surface area (Å²) in [6.07, 6.45) is 8.75. The molecule has 2 aromatic carbocycles. The molecular weight excluding hydrogens is 809 g/mol. The predicted molar refractivity (Wildman–Crippen MR) is 239 cm³/mol. The first kappa shape index (κ1) is 46.1. The predicted octanol–water partition coefficient (Wildman–Crippen LogP) is 3.02. The lowest BCUT2D eigenvalue weighted by atomic mass is 9.84. The largest absolute Gasteiger partial charge is 0.361 e. The van der Waals surface area contributed by atoms with Crippen LogP contribution in [0.1, 0.15) is 89.2 Å². The van der Waals surface area contributed by atoms with Crippen LogP contribution in [0.3, 0.4) is 0 Å². The third-order valence-corrected chi connectivity index (χ3v) is 13.2. The summed E-state index contributed by atoms with van der Waals surface area (Å²) in [6, 6.07) is 10.9. The number of benzene rings is 2. The number of rotatable bonds is 12. The van der Waals surface area contributed by atoms with Gasteiger partial charge in [-0.25, -0.2) is 0 Å². The smallest absolute Gasteiger partial charge is 0.245 e. The summed E-state index contributed by atoms with van der Waals surface area (Å²) in [5.74, 6) is -2.20. The zero-order chi connectivity index (χ0) is 44.0. The van der Waals surface area contributed by atoms with Crippen LogP contribution in [0.4, 0.5) is 0 Å². The van der Waals surface area contributed by atoms with Gasteiger partial charge in [0.2, 0.25) is 41.4 Å². The molecule has 3 fully saturated rings. The van der Waals surface area contributed by atoms with Gasteiger partial charge in [-0.2, -0.15) is 11.8 Å². The maximum atomic E-state index is 14.5. The number of hydrogen-bond acceptors (Lipinski definition) is 8. The normalized spacial score (nSPS) is 24.1. The van der Waals surface area contributed by atoms with Crippen LogP contribution in [0, 0.1) is 5.92 Å². The van der Waals surface area contributed by atoms with Gasteiger partial charge in [0.1, 0.15) is 36.3 Å². The highest BCUT2D eigenvalue weighted by atomic mass is 32.2. The van der Waals surface area contributed by atoms with Gasteiger partial charge in [-0.1, -0.05) is 87.6 Å². The Morgan fingerprint density at radius 3 is 2.26 bits per heavy atom. The van der Waals surface area contributed by atoms with Crippen molar-refractivity contribution in [3.05, 3.63) is 71.9 Å². The van der Waals surface area contributed by atoms with E-state index in [2.05, 4.69) is 36.9 Å². The molecule has 7 amide bonds. The maximum Gasteiger partial charge on any atom is 0.245 e. The summed E-state index contributed by atoms with van der Waals surface area (Å²) < 4.78 is 0. The lowest BCUT2D eigenvalue weighted by molar-refractivity contribution is -0.142. The number of aromatic nitrogens is 1. The molecule has 6 atom stereocenters. The highest BCUT2D eigenvalue weighted by Crippen LogP contribution is 2.28. The van der Waals surface area contributed by atoms with E-state index in [1.165, 1.54) is 23.6 Å². The number of aromatic amines is 1. The Morgan fingerprint density at radius 1 is 0.790 bits per heavy atom. The average Bonchev–Trinajstić information content (AvgIpc) is 3.93. The minimum Gasteiger partial charge on any atom is -0.361 e. The number of nitrogens with zero attached hydrogens (tertiary/aromatic N) is 1. The Hall–Kier alpha value is -5.38. The van der Waals surface area contributed by atoms with Crippen LogP contribution in [0.25, 0.3) is 10.9 Å². The molecule has 7 N–H and O–H groups in total. The van der Waals surface area contributed by atoms with Crippen LogP contribution in [0.15, 0.2) is 60.8 Å². The van der Waals surface area contributed by atoms with E-state index in [9.17, 15) is 33.6 Å². The van der Waals surface area contributed by atoms with Crippen molar-refractivity contribution in [3.8, 4) is 0 Å². The molecule has 0 bridgehead atoms. The van der Waals surface area contributed by atoms with Crippen LogP contribution in [0.5, 0.6) is 0 Å². The number of fused-ring (bicyclic) bond motifs is 2. The van der Waals surface area contributed by atoms with E-state index in [0.717, 1.165) is 54.1 Å². The fourth-order valence-corrected chi connectivity index (χ4v) is 9.63. The zero-order valence-corrected chi connectivity index (χ0v) is 36.7. The number of carbonyl (C=O) groups excluding carboxylic acids is 7. The van der Waals surface area contributed by atoms with E-state index in [0.29, 0.717) is 25.0 Å². The SMILES string of the molecule is CCSC[C@@H]1NC(=O)[C@H](Cc2c[nH]c3ccccc23)NC(=O)[C@@H](CC2CCCCC2)NC(=O)[C@@H]2CCCN2C(=O)[C@@H](NC(=O)[C@H](Cc2ccccc2)NC(C)=O)CCCNC1=O. The average molecular weight is 871 g/mol. The monoisotopic (exact) mass is 870 g/mol. The van der Waals surface area contributed by atoms with E-state index in [-0.39, 0.29) is 50.4 Å². The minimum absolute atomic E-state index is 0.119. The molecule has 3 heterocycles. The van der Waals surface area contributed by atoms with Crippen LogP contribution in [-0.4, -0.2) is 112 Å². The number of carbonyl (C=O) groups is 7. The Bertz CT molecular complexity index is 2040. The number of hydrogen-bond donors (Lipinski definition) is 7. The second-order valence-corrected chi connectivity index (χ2v) is 18.1. The van der Waals surface area contributed by atoms with Crippen molar-refractivity contribution < 1.29 is 33.6 Å². The van der Waals surface area contributed by atoms with E-state index in [4.69, 9.17) is 0 Å². The molecule has 3 aromatic rings. The van der Waals surface area contributed by atoms with Crippen molar-refractivity contribution in [2.75, 3.05) is 24.6 Å². The third-order valence-electron chi connectivity index (χ3n) is 12.2. The van der Waals surface area contributed by atoms with Crippen molar-refractivity contribution in [1.29, 1.82) is 0 Å². The fraction of sp³-hybridized carbons (Fsp3) is 0.543. The van der Waals surface area contributed by atoms with E-state index >= 15 is 0 Å². The highest BCUT2D eigenvalue weighted by Gasteiger charge is 2.40.